The first-order valence-corrected chi connectivity index (χ1v) is 5.31. The van der Waals surface area contributed by atoms with E-state index in [1.54, 1.807) is 0 Å². The van der Waals surface area contributed by atoms with E-state index in [1.165, 1.54) is 0 Å². The molecule has 1 rings (SSSR count). The lowest BCUT2D eigenvalue weighted by molar-refractivity contribution is 0.276. The van der Waals surface area contributed by atoms with Crippen LogP contribution in [-0.4, -0.2) is 105 Å². The molecule has 0 aliphatic carbocycles. The summed E-state index contributed by atoms with van der Waals surface area (Å²) in [5.41, 5.74) is 15.4. The van der Waals surface area contributed by atoms with E-state index in [2.05, 4.69) is 15.0 Å². The van der Waals surface area contributed by atoms with Crippen molar-refractivity contribution in [3.8, 4) is 0 Å². The molecule has 0 unspecified atom stereocenters. The van der Waals surface area contributed by atoms with Crippen molar-refractivity contribution in [3.05, 3.63) is 0 Å². The van der Waals surface area contributed by atoms with Crippen LogP contribution in [0, 0.1) is 0 Å². The van der Waals surface area contributed by atoms with E-state index in [-0.39, 0.29) is 17.8 Å². The van der Waals surface area contributed by atoms with Gasteiger partial charge in [0.1, 0.15) is 0 Å². The fraction of sp³-hybridized carbons (Fsp3) is 0. The zero-order valence-electron chi connectivity index (χ0n) is 12.2. The predicted molar refractivity (Wildman–Crippen MR) is 82.7 cm³/mol. The standard InChI is InChI=1S/C3H6N6.4BH3O3/c4-1-7-2(5)9-3(6)8-1;4*2-1(3)4/h(H6,4,5,6,7,8,9);4*2-4H. The lowest BCUT2D eigenvalue weighted by Gasteiger charge is -1.93. The van der Waals surface area contributed by atoms with Gasteiger partial charge in [0, 0.05) is 0 Å². The van der Waals surface area contributed by atoms with Crippen LogP contribution in [0.3, 0.4) is 0 Å². The molecule has 0 radical (unpaired) electrons. The first-order chi connectivity index (χ1) is 11.1. The Kier molecular flexibility index (Phi) is 25.1. The van der Waals surface area contributed by atoms with Crippen LogP contribution in [0.25, 0.3) is 0 Å². The van der Waals surface area contributed by atoms with Crippen molar-refractivity contribution in [3.63, 3.8) is 0 Å². The number of nitrogens with two attached hydrogens (primary N) is 3. The van der Waals surface area contributed by atoms with Gasteiger partial charge in [-0.25, -0.2) is 0 Å². The number of hydrogen-bond acceptors (Lipinski definition) is 18. The van der Waals surface area contributed by atoms with Crippen LogP contribution < -0.4 is 17.2 Å². The molecule has 1 heterocycles. The summed E-state index contributed by atoms with van der Waals surface area (Å²) in [6, 6.07) is 0. The van der Waals surface area contributed by atoms with Crippen molar-refractivity contribution in [1.29, 1.82) is 0 Å². The van der Waals surface area contributed by atoms with Gasteiger partial charge in [-0.3, -0.25) is 0 Å². The molecule has 18 nitrogen and oxygen atoms in total. The van der Waals surface area contributed by atoms with Gasteiger partial charge in [-0.1, -0.05) is 0 Å². The van der Waals surface area contributed by atoms with Gasteiger partial charge in [-0.2, -0.15) is 15.0 Å². The highest BCUT2D eigenvalue weighted by Gasteiger charge is 1.94. The highest BCUT2D eigenvalue weighted by atomic mass is 16.5. The molecule has 0 atom stereocenters. The maximum Gasteiger partial charge on any atom is 0.631 e. The molecule has 0 bridgehead atoms. The van der Waals surface area contributed by atoms with Gasteiger partial charge >= 0.3 is 29.3 Å². The Morgan fingerprint density at radius 1 is 0.400 bits per heavy atom. The zero-order chi connectivity index (χ0) is 21.2. The molecule has 0 amide bonds. The van der Waals surface area contributed by atoms with Crippen LogP contribution in [0.5, 0.6) is 0 Å². The SMILES string of the molecule is Nc1nc(N)nc(N)n1.OB(O)O.OB(O)O.OB(O)O.OB(O)O. The predicted octanol–water partition coefficient (Wildman–Crippen LogP) is -9.59. The summed E-state index contributed by atoms with van der Waals surface area (Å²) in [7, 11) is -8.67. The summed E-state index contributed by atoms with van der Waals surface area (Å²) in [5, 5.41) is 86.0. The third-order valence-electron chi connectivity index (χ3n) is 0.687. The lowest BCUT2D eigenvalue weighted by atomic mass is 10.3. The van der Waals surface area contributed by atoms with Crippen molar-refractivity contribution in [1.82, 2.24) is 15.0 Å². The second-order valence-electron chi connectivity index (χ2n) is 2.80. The summed E-state index contributed by atoms with van der Waals surface area (Å²) >= 11 is 0. The van der Waals surface area contributed by atoms with Crippen molar-refractivity contribution >= 4 is 47.1 Å². The van der Waals surface area contributed by atoms with E-state index < -0.39 is 29.3 Å². The Hall–Kier alpha value is -1.81. The quantitative estimate of drug-likeness (QED) is 0.187. The summed E-state index contributed by atoms with van der Waals surface area (Å²) < 4.78 is 0. The summed E-state index contributed by atoms with van der Waals surface area (Å²) in [6.45, 7) is 0. The average molecular weight is 373 g/mol. The highest BCUT2D eigenvalue weighted by molar-refractivity contribution is 6.31. The van der Waals surface area contributed by atoms with Gasteiger partial charge in [-0.05, 0) is 0 Å². The van der Waals surface area contributed by atoms with E-state index >= 15 is 0 Å². The fourth-order valence-corrected chi connectivity index (χ4v) is 0.427. The van der Waals surface area contributed by atoms with Gasteiger partial charge in [0.15, 0.2) is 0 Å². The highest BCUT2D eigenvalue weighted by Crippen LogP contribution is 1.97. The molecule has 1 aromatic rings. The molecule has 0 fully saturated rings. The number of aromatic nitrogens is 3. The molecule has 22 heteroatoms. The first kappa shape index (κ1) is 31.0. The smallest absolute Gasteiger partial charge is 0.402 e. The molecule has 0 saturated carbocycles. The topological polar surface area (TPSA) is 359 Å². The molecule has 144 valence electrons. The van der Waals surface area contributed by atoms with E-state index in [9.17, 15) is 0 Å². The average Bonchev–Trinajstić information content (AvgIpc) is 2.22. The van der Waals surface area contributed by atoms with Crippen molar-refractivity contribution < 1.29 is 60.3 Å². The van der Waals surface area contributed by atoms with Gasteiger partial charge < -0.3 is 77.5 Å². The monoisotopic (exact) mass is 374 g/mol. The third-order valence-corrected chi connectivity index (χ3v) is 0.687. The van der Waals surface area contributed by atoms with Gasteiger partial charge in [0.2, 0.25) is 17.8 Å². The Morgan fingerprint density at radius 2 is 0.480 bits per heavy atom. The van der Waals surface area contributed by atoms with Crippen LogP contribution in [0.1, 0.15) is 0 Å². The molecule has 0 aromatic carbocycles. The second kappa shape index (κ2) is 20.2. The normalized spacial score (nSPS) is 7.68. The van der Waals surface area contributed by atoms with E-state index in [0.29, 0.717) is 0 Å². The molecule has 0 aliphatic heterocycles. The van der Waals surface area contributed by atoms with Gasteiger partial charge in [0.05, 0.1) is 0 Å². The van der Waals surface area contributed by atoms with E-state index in [4.69, 9.17) is 77.5 Å². The maximum absolute atomic E-state index is 7.17. The summed E-state index contributed by atoms with van der Waals surface area (Å²) in [5.74, 6) is 0.125. The van der Waals surface area contributed by atoms with Gasteiger partial charge in [-0.15, -0.1) is 0 Å². The molecular formula is C3H18B4N6O12. The largest absolute Gasteiger partial charge is 0.631 e. The summed E-state index contributed by atoms with van der Waals surface area (Å²) in [4.78, 5) is 10.5. The van der Waals surface area contributed by atoms with E-state index in [0.717, 1.165) is 0 Å². The number of anilines is 3. The minimum atomic E-state index is -2.17. The van der Waals surface area contributed by atoms with Crippen LogP contribution in [0.4, 0.5) is 17.8 Å². The first-order valence-electron chi connectivity index (χ1n) is 5.31. The number of hydrogen-bond donors (Lipinski definition) is 15. The fourth-order valence-electron chi connectivity index (χ4n) is 0.427. The Labute approximate surface area is 140 Å². The minimum absolute atomic E-state index is 0.0417. The molecule has 1 aromatic heterocycles. The molecule has 0 spiro atoms. The third kappa shape index (κ3) is 87.1. The number of nitrogens with zero attached hydrogens (tertiary/aromatic N) is 3. The van der Waals surface area contributed by atoms with Crippen molar-refractivity contribution in [2.75, 3.05) is 17.2 Å². The number of rotatable bonds is 0. The molecule has 18 N–H and O–H groups in total. The Bertz CT molecular complexity index is 316. The number of nitrogen functional groups attached to an aromatic ring is 3. The molecular weight excluding hydrogens is 355 g/mol. The van der Waals surface area contributed by atoms with Crippen LogP contribution in [-0.2, 0) is 0 Å². The zero-order valence-corrected chi connectivity index (χ0v) is 12.2. The van der Waals surface area contributed by atoms with Gasteiger partial charge in [0.25, 0.3) is 0 Å². The van der Waals surface area contributed by atoms with Crippen LogP contribution in [0.2, 0.25) is 0 Å². The van der Waals surface area contributed by atoms with Crippen LogP contribution >= 0.6 is 0 Å². The molecule has 0 saturated heterocycles. The lowest BCUT2D eigenvalue weighted by Crippen LogP contribution is -2.07. The minimum Gasteiger partial charge on any atom is -0.402 e. The Balaban J connectivity index is -0.000000119. The van der Waals surface area contributed by atoms with E-state index in [1.807, 2.05) is 0 Å². The molecule has 25 heavy (non-hydrogen) atoms. The maximum atomic E-state index is 7.17. The second-order valence-corrected chi connectivity index (χ2v) is 2.80. The van der Waals surface area contributed by atoms with Crippen molar-refractivity contribution in [2.24, 2.45) is 0 Å². The Morgan fingerprint density at radius 3 is 0.560 bits per heavy atom. The van der Waals surface area contributed by atoms with Crippen molar-refractivity contribution in [2.45, 2.75) is 0 Å². The van der Waals surface area contributed by atoms with Crippen LogP contribution in [0.15, 0.2) is 0 Å². The molecule has 0 aliphatic rings. The summed E-state index contributed by atoms with van der Waals surface area (Å²) in [6.07, 6.45) is 0.